The average Bonchev–Trinajstić information content (AvgIpc) is 2.77. The Kier molecular flexibility index (Phi) is 4.56. The molecule has 0 radical (unpaired) electrons. The van der Waals surface area contributed by atoms with Crippen molar-refractivity contribution in [2.24, 2.45) is 5.92 Å². The van der Waals surface area contributed by atoms with Crippen molar-refractivity contribution in [1.29, 1.82) is 0 Å². The number of carbonyl (C=O) groups is 2. The van der Waals surface area contributed by atoms with Crippen molar-refractivity contribution < 1.29 is 9.59 Å². The largest absolute Gasteiger partial charge is 0.351 e. The molecule has 16 heavy (non-hydrogen) atoms. The standard InChI is InChI=1S/C10H17N3O2.ClH/c1-13-6-8(4-9(13)14)12-10(15)7-2-3-11-5-7;/h7-8,11H,2-6H2,1H3,(H,12,15);1H/t7-,8?;/m1./s1. The van der Waals surface area contributed by atoms with E-state index in [0.717, 1.165) is 19.5 Å². The van der Waals surface area contributed by atoms with E-state index < -0.39 is 0 Å². The third-order valence-electron chi connectivity index (χ3n) is 3.12. The second kappa shape index (κ2) is 5.50. The van der Waals surface area contributed by atoms with Crippen molar-refractivity contribution in [2.75, 3.05) is 26.7 Å². The number of hydrogen-bond donors (Lipinski definition) is 2. The van der Waals surface area contributed by atoms with Gasteiger partial charge in [-0.2, -0.15) is 0 Å². The topological polar surface area (TPSA) is 61.4 Å². The normalized spacial score (nSPS) is 29.1. The van der Waals surface area contributed by atoms with Crippen LogP contribution in [0, 0.1) is 5.92 Å². The van der Waals surface area contributed by atoms with Gasteiger partial charge in [0.25, 0.3) is 0 Å². The molecule has 2 N–H and O–H groups in total. The molecule has 2 saturated heterocycles. The average molecular weight is 248 g/mol. The predicted octanol–water partition coefficient (Wildman–Crippen LogP) is -0.635. The van der Waals surface area contributed by atoms with Crippen LogP contribution in [0.15, 0.2) is 0 Å². The van der Waals surface area contributed by atoms with Crippen LogP contribution in [-0.2, 0) is 9.59 Å². The van der Waals surface area contributed by atoms with Gasteiger partial charge in [-0.25, -0.2) is 0 Å². The molecule has 2 aliphatic rings. The van der Waals surface area contributed by atoms with Crippen molar-refractivity contribution in [1.82, 2.24) is 15.5 Å². The molecule has 1 unspecified atom stereocenters. The second-order valence-electron chi connectivity index (χ2n) is 4.37. The lowest BCUT2D eigenvalue weighted by atomic mass is 10.1. The quantitative estimate of drug-likeness (QED) is 0.683. The molecular weight excluding hydrogens is 230 g/mol. The van der Waals surface area contributed by atoms with Crippen molar-refractivity contribution >= 4 is 24.2 Å². The van der Waals surface area contributed by atoms with Crippen molar-refractivity contribution in [3.63, 3.8) is 0 Å². The fraction of sp³-hybridized carbons (Fsp3) is 0.800. The van der Waals surface area contributed by atoms with Crippen LogP contribution >= 0.6 is 12.4 Å². The highest BCUT2D eigenvalue weighted by molar-refractivity contribution is 5.85. The van der Waals surface area contributed by atoms with Gasteiger partial charge < -0.3 is 15.5 Å². The van der Waals surface area contributed by atoms with Crippen LogP contribution in [0.5, 0.6) is 0 Å². The van der Waals surface area contributed by atoms with Crippen molar-refractivity contribution in [2.45, 2.75) is 18.9 Å². The molecule has 0 aromatic carbocycles. The Labute approximate surface area is 101 Å². The van der Waals surface area contributed by atoms with Crippen LogP contribution in [0.25, 0.3) is 0 Å². The van der Waals surface area contributed by atoms with E-state index in [1.54, 1.807) is 11.9 Å². The van der Waals surface area contributed by atoms with E-state index in [2.05, 4.69) is 10.6 Å². The summed E-state index contributed by atoms with van der Waals surface area (Å²) in [6.45, 7) is 2.33. The maximum Gasteiger partial charge on any atom is 0.224 e. The fourth-order valence-corrected chi connectivity index (χ4v) is 2.16. The number of likely N-dealkylation sites (tertiary alicyclic amines) is 1. The van der Waals surface area contributed by atoms with Crippen LogP contribution < -0.4 is 10.6 Å². The molecule has 0 spiro atoms. The summed E-state index contributed by atoms with van der Waals surface area (Å²) < 4.78 is 0. The molecule has 0 bridgehead atoms. The highest BCUT2D eigenvalue weighted by atomic mass is 35.5. The Hall–Kier alpha value is -0.810. The molecule has 2 atom stereocenters. The minimum absolute atomic E-state index is 0. The Morgan fingerprint density at radius 2 is 2.31 bits per heavy atom. The lowest BCUT2D eigenvalue weighted by Gasteiger charge is -2.15. The fourth-order valence-electron chi connectivity index (χ4n) is 2.16. The molecule has 2 amide bonds. The van der Waals surface area contributed by atoms with Gasteiger partial charge in [0.05, 0.1) is 12.0 Å². The third kappa shape index (κ3) is 2.86. The maximum absolute atomic E-state index is 11.7. The minimum atomic E-state index is 0. The summed E-state index contributed by atoms with van der Waals surface area (Å²) >= 11 is 0. The summed E-state index contributed by atoms with van der Waals surface area (Å²) in [6, 6.07) is 0.00981. The number of carbonyl (C=O) groups excluding carboxylic acids is 2. The first-order chi connectivity index (χ1) is 7.16. The monoisotopic (exact) mass is 247 g/mol. The first-order valence-electron chi connectivity index (χ1n) is 5.42. The van der Waals surface area contributed by atoms with E-state index in [1.807, 2.05) is 0 Å². The highest BCUT2D eigenvalue weighted by Gasteiger charge is 2.30. The summed E-state index contributed by atoms with van der Waals surface area (Å²) in [4.78, 5) is 24.6. The van der Waals surface area contributed by atoms with Crippen LogP contribution in [0.3, 0.4) is 0 Å². The van der Waals surface area contributed by atoms with Gasteiger partial charge in [-0.15, -0.1) is 12.4 Å². The van der Waals surface area contributed by atoms with Gasteiger partial charge in [-0.1, -0.05) is 0 Å². The number of halogens is 1. The molecule has 2 heterocycles. The van der Waals surface area contributed by atoms with Gasteiger partial charge in [0.1, 0.15) is 0 Å². The zero-order chi connectivity index (χ0) is 10.8. The van der Waals surface area contributed by atoms with Crippen LogP contribution in [0.4, 0.5) is 0 Å². The molecule has 6 heteroatoms. The van der Waals surface area contributed by atoms with Crippen molar-refractivity contribution in [3.8, 4) is 0 Å². The van der Waals surface area contributed by atoms with Crippen molar-refractivity contribution in [3.05, 3.63) is 0 Å². The molecule has 0 saturated carbocycles. The predicted molar refractivity (Wildman–Crippen MR) is 62.4 cm³/mol. The van der Waals surface area contributed by atoms with Gasteiger partial charge in [0, 0.05) is 26.6 Å². The molecule has 5 nitrogen and oxygen atoms in total. The maximum atomic E-state index is 11.7. The van der Waals surface area contributed by atoms with E-state index >= 15 is 0 Å². The van der Waals surface area contributed by atoms with E-state index in [1.165, 1.54) is 0 Å². The number of likely N-dealkylation sites (N-methyl/N-ethyl adjacent to an activating group) is 1. The summed E-state index contributed by atoms with van der Waals surface area (Å²) in [5.74, 6) is 0.295. The van der Waals surface area contributed by atoms with E-state index in [4.69, 9.17) is 0 Å². The lowest BCUT2D eigenvalue weighted by Crippen LogP contribution is -2.40. The van der Waals surface area contributed by atoms with Crippen LogP contribution in [-0.4, -0.2) is 49.4 Å². The van der Waals surface area contributed by atoms with E-state index in [9.17, 15) is 9.59 Å². The second-order valence-corrected chi connectivity index (χ2v) is 4.37. The lowest BCUT2D eigenvalue weighted by molar-refractivity contribution is -0.126. The Bertz CT molecular complexity index is 279. The van der Waals surface area contributed by atoms with E-state index in [-0.39, 0.29) is 36.2 Å². The molecule has 2 fully saturated rings. The summed E-state index contributed by atoms with van der Waals surface area (Å²) in [6.07, 6.45) is 1.35. The number of hydrogen-bond acceptors (Lipinski definition) is 3. The zero-order valence-electron chi connectivity index (χ0n) is 9.36. The number of rotatable bonds is 2. The molecule has 2 aliphatic heterocycles. The van der Waals surface area contributed by atoms with Crippen LogP contribution in [0.2, 0.25) is 0 Å². The van der Waals surface area contributed by atoms with Gasteiger partial charge in [-0.3, -0.25) is 9.59 Å². The molecule has 0 aromatic heterocycles. The molecule has 0 aromatic rings. The molecule has 92 valence electrons. The summed E-state index contributed by atoms with van der Waals surface area (Å²) in [5, 5.41) is 6.10. The van der Waals surface area contributed by atoms with E-state index in [0.29, 0.717) is 13.0 Å². The zero-order valence-corrected chi connectivity index (χ0v) is 10.2. The Morgan fingerprint density at radius 1 is 1.56 bits per heavy atom. The highest BCUT2D eigenvalue weighted by Crippen LogP contribution is 2.12. The summed E-state index contributed by atoms with van der Waals surface area (Å²) in [5.41, 5.74) is 0. The van der Waals surface area contributed by atoms with Crippen LogP contribution in [0.1, 0.15) is 12.8 Å². The number of nitrogens with one attached hydrogen (secondary N) is 2. The Morgan fingerprint density at radius 3 is 2.81 bits per heavy atom. The molecule has 0 aliphatic carbocycles. The first-order valence-corrected chi connectivity index (χ1v) is 5.42. The van der Waals surface area contributed by atoms with Gasteiger partial charge in [-0.05, 0) is 13.0 Å². The Balaban J connectivity index is 0.00000128. The van der Waals surface area contributed by atoms with Gasteiger partial charge >= 0.3 is 0 Å². The number of amides is 2. The smallest absolute Gasteiger partial charge is 0.224 e. The SMILES string of the molecule is CN1CC(NC(=O)[C@@H]2CCNC2)CC1=O.Cl. The van der Waals surface area contributed by atoms with Gasteiger partial charge in [0.15, 0.2) is 0 Å². The summed E-state index contributed by atoms with van der Waals surface area (Å²) in [7, 11) is 1.77. The van der Waals surface area contributed by atoms with Gasteiger partial charge in [0.2, 0.25) is 11.8 Å². The number of nitrogens with zero attached hydrogens (tertiary/aromatic N) is 1. The third-order valence-corrected chi connectivity index (χ3v) is 3.12. The molecule has 2 rings (SSSR count). The molecular formula is C10H18ClN3O2. The first kappa shape index (κ1) is 13.3. The minimum Gasteiger partial charge on any atom is -0.351 e.